The number of anilines is 1. The SMILES string of the molecule is CC(N)C(=O)Nc1ccc(Cl)cc1C(=O)c1ccccc1. The number of rotatable bonds is 4. The van der Waals surface area contributed by atoms with E-state index < -0.39 is 6.04 Å². The molecule has 0 saturated heterocycles. The maximum absolute atomic E-state index is 12.5. The van der Waals surface area contributed by atoms with E-state index in [1.807, 2.05) is 6.07 Å². The zero-order chi connectivity index (χ0) is 15.4. The smallest absolute Gasteiger partial charge is 0.241 e. The van der Waals surface area contributed by atoms with Gasteiger partial charge in [0.2, 0.25) is 5.91 Å². The summed E-state index contributed by atoms with van der Waals surface area (Å²) in [5.74, 6) is -0.572. The molecule has 108 valence electrons. The molecule has 1 amide bonds. The summed E-state index contributed by atoms with van der Waals surface area (Å²) < 4.78 is 0. The minimum atomic E-state index is -0.666. The van der Waals surface area contributed by atoms with Crippen LogP contribution in [-0.4, -0.2) is 17.7 Å². The molecule has 2 rings (SSSR count). The van der Waals surface area contributed by atoms with Crippen molar-refractivity contribution in [2.24, 2.45) is 5.73 Å². The minimum Gasteiger partial charge on any atom is -0.324 e. The van der Waals surface area contributed by atoms with Gasteiger partial charge in [0.05, 0.1) is 11.7 Å². The number of amides is 1. The molecular formula is C16H15ClN2O2. The second-order valence-corrected chi connectivity index (χ2v) is 5.10. The molecule has 3 N–H and O–H groups in total. The lowest BCUT2D eigenvalue weighted by molar-refractivity contribution is -0.117. The second kappa shape index (κ2) is 6.52. The van der Waals surface area contributed by atoms with Crippen LogP contribution in [-0.2, 0) is 4.79 Å². The van der Waals surface area contributed by atoms with Crippen LogP contribution in [0.15, 0.2) is 48.5 Å². The molecule has 0 saturated carbocycles. The molecule has 5 heteroatoms. The number of benzene rings is 2. The lowest BCUT2D eigenvalue weighted by Crippen LogP contribution is -2.33. The van der Waals surface area contributed by atoms with Crippen LogP contribution in [0.1, 0.15) is 22.8 Å². The Kier molecular flexibility index (Phi) is 4.73. The van der Waals surface area contributed by atoms with Gasteiger partial charge in [0, 0.05) is 16.1 Å². The van der Waals surface area contributed by atoms with Crippen LogP contribution < -0.4 is 11.1 Å². The first-order valence-electron chi connectivity index (χ1n) is 6.45. The molecule has 0 aromatic heterocycles. The zero-order valence-electron chi connectivity index (χ0n) is 11.5. The topological polar surface area (TPSA) is 72.2 Å². The first kappa shape index (κ1) is 15.2. The van der Waals surface area contributed by atoms with Crippen molar-refractivity contribution in [3.63, 3.8) is 0 Å². The average Bonchev–Trinajstić information content (AvgIpc) is 2.49. The van der Waals surface area contributed by atoms with Crippen molar-refractivity contribution in [2.45, 2.75) is 13.0 Å². The highest BCUT2D eigenvalue weighted by atomic mass is 35.5. The van der Waals surface area contributed by atoms with E-state index in [-0.39, 0.29) is 11.7 Å². The molecule has 1 unspecified atom stereocenters. The van der Waals surface area contributed by atoms with E-state index in [0.717, 1.165) is 0 Å². The van der Waals surface area contributed by atoms with Crippen LogP contribution >= 0.6 is 11.6 Å². The summed E-state index contributed by atoms with van der Waals surface area (Å²) in [6, 6.07) is 12.9. The highest BCUT2D eigenvalue weighted by Crippen LogP contribution is 2.23. The highest BCUT2D eigenvalue weighted by Gasteiger charge is 2.17. The van der Waals surface area contributed by atoms with Crippen molar-refractivity contribution in [3.8, 4) is 0 Å². The van der Waals surface area contributed by atoms with Gasteiger partial charge in [-0.2, -0.15) is 0 Å². The van der Waals surface area contributed by atoms with E-state index in [2.05, 4.69) is 5.32 Å². The first-order chi connectivity index (χ1) is 9.99. The summed E-state index contributed by atoms with van der Waals surface area (Å²) in [6.45, 7) is 1.57. The number of carbonyl (C=O) groups is 2. The summed E-state index contributed by atoms with van der Waals surface area (Å²) >= 11 is 5.96. The normalized spacial score (nSPS) is 11.8. The van der Waals surface area contributed by atoms with Crippen LogP contribution in [0.2, 0.25) is 5.02 Å². The molecule has 0 bridgehead atoms. The number of hydrogen-bond donors (Lipinski definition) is 2. The fraction of sp³-hybridized carbons (Fsp3) is 0.125. The Bertz CT molecular complexity index is 669. The Labute approximate surface area is 127 Å². The number of nitrogens with two attached hydrogens (primary N) is 1. The number of carbonyl (C=O) groups excluding carboxylic acids is 2. The van der Waals surface area contributed by atoms with Crippen LogP contribution in [0.4, 0.5) is 5.69 Å². The van der Waals surface area contributed by atoms with Crippen LogP contribution in [0, 0.1) is 0 Å². The summed E-state index contributed by atoms with van der Waals surface area (Å²) in [4.78, 5) is 24.3. The molecule has 0 fully saturated rings. The van der Waals surface area contributed by atoms with Gasteiger partial charge in [-0.25, -0.2) is 0 Å². The molecule has 0 heterocycles. The molecule has 1 atom stereocenters. The van der Waals surface area contributed by atoms with Gasteiger partial charge in [0.25, 0.3) is 0 Å². The Morgan fingerprint density at radius 1 is 1.14 bits per heavy atom. The zero-order valence-corrected chi connectivity index (χ0v) is 12.2. The third-order valence-corrected chi connectivity index (χ3v) is 3.17. The summed E-state index contributed by atoms with van der Waals surface area (Å²) in [6.07, 6.45) is 0. The van der Waals surface area contributed by atoms with Gasteiger partial charge >= 0.3 is 0 Å². The number of nitrogens with one attached hydrogen (secondary N) is 1. The first-order valence-corrected chi connectivity index (χ1v) is 6.82. The lowest BCUT2D eigenvalue weighted by Gasteiger charge is -2.12. The average molecular weight is 303 g/mol. The molecule has 0 aliphatic carbocycles. The molecule has 2 aromatic rings. The summed E-state index contributed by atoms with van der Waals surface area (Å²) in [5.41, 5.74) is 6.79. The second-order valence-electron chi connectivity index (χ2n) is 4.66. The lowest BCUT2D eigenvalue weighted by atomic mass is 10.0. The number of ketones is 1. The largest absolute Gasteiger partial charge is 0.324 e. The van der Waals surface area contributed by atoms with Crippen molar-refractivity contribution >= 4 is 29.0 Å². The molecule has 4 nitrogen and oxygen atoms in total. The van der Waals surface area contributed by atoms with Crippen molar-refractivity contribution < 1.29 is 9.59 Å². The number of hydrogen-bond acceptors (Lipinski definition) is 3. The third-order valence-electron chi connectivity index (χ3n) is 2.93. The molecule has 0 aliphatic heterocycles. The maximum atomic E-state index is 12.5. The Hall–Kier alpha value is -2.17. The Morgan fingerprint density at radius 3 is 2.43 bits per heavy atom. The van der Waals surface area contributed by atoms with Crippen LogP contribution in [0.25, 0.3) is 0 Å². The van der Waals surface area contributed by atoms with Gasteiger partial charge < -0.3 is 11.1 Å². The predicted molar refractivity (Wildman–Crippen MR) is 83.6 cm³/mol. The monoisotopic (exact) mass is 302 g/mol. The van der Waals surface area contributed by atoms with Crippen molar-refractivity contribution in [1.82, 2.24) is 0 Å². The van der Waals surface area contributed by atoms with Crippen molar-refractivity contribution in [2.75, 3.05) is 5.32 Å². The van der Waals surface area contributed by atoms with Crippen LogP contribution in [0.3, 0.4) is 0 Å². The van der Waals surface area contributed by atoms with Crippen LogP contribution in [0.5, 0.6) is 0 Å². The quantitative estimate of drug-likeness (QED) is 0.853. The van der Waals surface area contributed by atoms with Gasteiger partial charge in [-0.15, -0.1) is 0 Å². The van der Waals surface area contributed by atoms with Crippen molar-refractivity contribution in [3.05, 3.63) is 64.7 Å². The highest BCUT2D eigenvalue weighted by molar-refractivity contribution is 6.31. The summed E-state index contributed by atoms with van der Waals surface area (Å²) in [7, 11) is 0. The molecule has 21 heavy (non-hydrogen) atoms. The molecular weight excluding hydrogens is 288 g/mol. The molecule has 2 aromatic carbocycles. The predicted octanol–water partition coefficient (Wildman–Crippen LogP) is 2.86. The molecule has 0 spiro atoms. The fourth-order valence-electron chi connectivity index (χ4n) is 1.80. The van der Waals surface area contributed by atoms with Gasteiger partial charge in [-0.05, 0) is 25.1 Å². The minimum absolute atomic E-state index is 0.210. The van der Waals surface area contributed by atoms with Crippen molar-refractivity contribution in [1.29, 1.82) is 0 Å². The van der Waals surface area contributed by atoms with E-state index in [9.17, 15) is 9.59 Å². The van der Waals surface area contributed by atoms with Gasteiger partial charge in [-0.1, -0.05) is 41.9 Å². The summed E-state index contributed by atoms with van der Waals surface area (Å²) in [5, 5.41) is 3.07. The Morgan fingerprint density at radius 2 is 1.81 bits per heavy atom. The van der Waals surface area contributed by atoms with E-state index in [1.54, 1.807) is 43.3 Å². The van der Waals surface area contributed by atoms with E-state index in [1.165, 1.54) is 6.07 Å². The van der Waals surface area contributed by atoms with E-state index >= 15 is 0 Å². The molecule has 0 radical (unpaired) electrons. The van der Waals surface area contributed by atoms with E-state index in [4.69, 9.17) is 17.3 Å². The van der Waals surface area contributed by atoms with E-state index in [0.29, 0.717) is 21.8 Å². The van der Waals surface area contributed by atoms with Gasteiger partial charge in [-0.3, -0.25) is 9.59 Å². The maximum Gasteiger partial charge on any atom is 0.241 e. The number of halogens is 1. The molecule has 0 aliphatic rings. The fourth-order valence-corrected chi connectivity index (χ4v) is 1.98. The standard InChI is InChI=1S/C16H15ClN2O2/c1-10(18)16(21)19-14-8-7-12(17)9-13(14)15(20)11-5-3-2-4-6-11/h2-10H,18H2,1H3,(H,19,21). The Balaban J connectivity index is 2.40. The van der Waals surface area contributed by atoms with Gasteiger partial charge in [0.1, 0.15) is 0 Å². The van der Waals surface area contributed by atoms with Gasteiger partial charge in [0.15, 0.2) is 5.78 Å². The third kappa shape index (κ3) is 3.68.